The van der Waals surface area contributed by atoms with Crippen LogP contribution in [0.4, 0.5) is 5.69 Å². The predicted octanol–water partition coefficient (Wildman–Crippen LogP) is 3.76. The van der Waals surface area contributed by atoms with Crippen molar-refractivity contribution in [1.82, 2.24) is 0 Å². The fourth-order valence-corrected chi connectivity index (χ4v) is 3.05. The van der Waals surface area contributed by atoms with Crippen molar-refractivity contribution in [3.8, 4) is 0 Å². The maximum absolute atomic E-state index is 11.8. The van der Waals surface area contributed by atoms with E-state index in [4.69, 9.17) is 0 Å². The minimum Gasteiger partial charge on any atom is -0.368 e. The average molecular weight is 245 g/mol. The minimum absolute atomic E-state index is 0.156. The van der Waals surface area contributed by atoms with Gasteiger partial charge < -0.3 is 4.90 Å². The van der Waals surface area contributed by atoms with E-state index in [2.05, 4.69) is 31.7 Å². The maximum Gasteiger partial charge on any atom is 0.161 e. The molecule has 0 aliphatic carbocycles. The monoisotopic (exact) mass is 245 g/mol. The molecule has 2 heteroatoms. The topological polar surface area (TPSA) is 20.3 Å². The Hall–Kier alpha value is -1.31. The Bertz CT molecular complexity index is 440. The number of rotatable bonds is 2. The van der Waals surface area contributed by atoms with Crippen molar-refractivity contribution in [2.24, 2.45) is 11.8 Å². The first kappa shape index (κ1) is 13.1. The number of carbonyl (C=O) groups is 1. The first-order valence-corrected chi connectivity index (χ1v) is 6.87. The predicted molar refractivity (Wildman–Crippen MR) is 76.2 cm³/mol. The number of anilines is 1. The molecule has 0 N–H and O–H groups in total. The lowest BCUT2D eigenvalue weighted by atomic mass is 9.85. The number of para-hydroxylation sites is 1. The van der Waals surface area contributed by atoms with Crippen molar-refractivity contribution in [2.75, 3.05) is 11.4 Å². The van der Waals surface area contributed by atoms with Crippen molar-refractivity contribution < 1.29 is 4.79 Å². The second kappa shape index (κ2) is 5.13. The fourth-order valence-electron chi connectivity index (χ4n) is 3.05. The second-order valence-electron chi connectivity index (χ2n) is 5.78. The molecule has 0 amide bonds. The van der Waals surface area contributed by atoms with Gasteiger partial charge in [0.1, 0.15) is 0 Å². The maximum atomic E-state index is 11.8. The summed E-state index contributed by atoms with van der Waals surface area (Å²) in [6.07, 6.45) is 1.28. The molecule has 0 saturated carbocycles. The quantitative estimate of drug-likeness (QED) is 0.739. The Morgan fingerprint density at radius 2 is 1.89 bits per heavy atom. The van der Waals surface area contributed by atoms with Crippen LogP contribution >= 0.6 is 0 Å². The molecule has 1 heterocycles. The molecule has 0 spiro atoms. The van der Waals surface area contributed by atoms with Gasteiger partial charge in [0, 0.05) is 23.8 Å². The van der Waals surface area contributed by atoms with Crippen molar-refractivity contribution in [3.63, 3.8) is 0 Å². The van der Waals surface area contributed by atoms with Gasteiger partial charge in [-0.25, -0.2) is 0 Å². The van der Waals surface area contributed by atoms with E-state index in [1.165, 1.54) is 6.42 Å². The van der Waals surface area contributed by atoms with Crippen LogP contribution < -0.4 is 4.90 Å². The third-order valence-corrected chi connectivity index (χ3v) is 4.19. The van der Waals surface area contributed by atoms with Crippen LogP contribution in [0, 0.1) is 11.8 Å². The van der Waals surface area contributed by atoms with Gasteiger partial charge >= 0.3 is 0 Å². The number of piperidine rings is 1. The molecular formula is C16H23NO. The van der Waals surface area contributed by atoms with Crippen molar-refractivity contribution in [1.29, 1.82) is 0 Å². The van der Waals surface area contributed by atoms with Crippen molar-refractivity contribution in [3.05, 3.63) is 29.8 Å². The third kappa shape index (κ3) is 2.43. The third-order valence-electron chi connectivity index (χ3n) is 4.19. The summed E-state index contributed by atoms with van der Waals surface area (Å²) in [4.78, 5) is 14.2. The van der Waals surface area contributed by atoms with E-state index in [1.807, 2.05) is 18.2 Å². The smallest absolute Gasteiger partial charge is 0.161 e. The van der Waals surface area contributed by atoms with E-state index in [9.17, 15) is 4.79 Å². The Morgan fingerprint density at radius 1 is 1.22 bits per heavy atom. The highest BCUT2D eigenvalue weighted by Gasteiger charge is 2.30. The molecule has 0 radical (unpaired) electrons. The molecule has 1 fully saturated rings. The van der Waals surface area contributed by atoms with Gasteiger partial charge in [-0.1, -0.05) is 26.0 Å². The molecule has 1 aliphatic heterocycles. The summed E-state index contributed by atoms with van der Waals surface area (Å²) in [7, 11) is 0. The highest BCUT2D eigenvalue weighted by molar-refractivity contribution is 5.99. The molecule has 1 saturated heterocycles. The molecule has 3 unspecified atom stereocenters. The van der Waals surface area contributed by atoms with E-state index >= 15 is 0 Å². The van der Waals surface area contributed by atoms with Crippen molar-refractivity contribution in [2.45, 2.75) is 40.2 Å². The van der Waals surface area contributed by atoms with Crippen LogP contribution in [0.2, 0.25) is 0 Å². The molecule has 1 aliphatic rings. The summed E-state index contributed by atoms with van der Waals surface area (Å²) in [6.45, 7) is 9.58. The number of hydrogen-bond donors (Lipinski definition) is 0. The number of Topliss-reactive ketones (excluding diaryl/α,β-unsaturated/α-hetero) is 1. The van der Waals surface area contributed by atoms with Gasteiger partial charge in [-0.2, -0.15) is 0 Å². The first-order chi connectivity index (χ1) is 8.50. The number of ketones is 1. The molecule has 2 rings (SSSR count). The largest absolute Gasteiger partial charge is 0.368 e. The molecular weight excluding hydrogens is 222 g/mol. The Balaban J connectivity index is 2.38. The zero-order chi connectivity index (χ0) is 13.3. The van der Waals surface area contributed by atoms with E-state index in [0.29, 0.717) is 17.9 Å². The number of nitrogens with zero attached hydrogens (tertiary/aromatic N) is 1. The molecule has 3 atom stereocenters. The van der Waals surface area contributed by atoms with Crippen LogP contribution in [0.1, 0.15) is 44.5 Å². The molecule has 98 valence electrons. The Morgan fingerprint density at radius 3 is 2.56 bits per heavy atom. The average Bonchev–Trinajstić information content (AvgIpc) is 2.33. The molecule has 2 nitrogen and oxygen atoms in total. The lowest BCUT2D eigenvalue weighted by Gasteiger charge is -2.43. The molecule has 0 bridgehead atoms. The Kier molecular flexibility index (Phi) is 3.74. The van der Waals surface area contributed by atoms with Gasteiger partial charge in [0.15, 0.2) is 5.78 Å². The summed E-state index contributed by atoms with van der Waals surface area (Å²) in [6, 6.07) is 8.49. The molecule has 0 aromatic heterocycles. The fraction of sp³-hybridized carbons (Fsp3) is 0.562. The second-order valence-corrected chi connectivity index (χ2v) is 5.78. The first-order valence-electron chi connectivity index (χ1n) is 6.87. The van der Waals surface area contributed by atoms with Crippen molar-refractivity contribution >= 4 is 11.5 Å². The van der Waals surface area contributed by atoms with Gasteiger partial charge in [-0.3, -0.25) is 4.79 Å². The van der Waals surface area contributed by atoms with Crippen LogP contribution in [0.15, 0.2) is 24.3 Å². The summed E-state index contributed by atoms with van der Waals surface area (Å²) >= 11 is 0. The van der Waals surface area contributed by atoms with Crippen LogP contribution in [0.3, 0.4) is 0 Å². The lowest BCUT2D eigenvalue weighted by Crippen LogP contribution is -2.46. The molecule has 1 aromatic rings. The normalized spacial score (nSPS) is 28.2. The lowest BCUT2D eigenvalue weighted by molar-refractivity contribution is 0.101. The van der Waals surface area contributed by atoms with Crippen LogP contribution in [0.25, 0.3) is 0 Å². The number of hydrogen-bond acceptors (Lipinski definition) is 2. The zero-order valence-corrected chi connectivity index (χ0v) is 11.8. The number of carbonyl (C=O) groups excluding carboxylic acids is 1. The molecule has 1 aromatic carbocycles. The van der Waals surface area contributed by atoms with E-state index in [1.54, 1.807) is 6.92 Å². The highest BCUT2D eigenvalue weighted by Crippen LogP contribution is 2.33. The summed E-state index contributed by atoms with van der Waals surface area (Å²) in [5, 5.41) is 0. The summed E-state index contributed by atoms with van der Waals surface area (Å²) in [5.74, 6) is 1.52. The van der Waals surface area contributed by atoms with Gasteiger partial charge in [0.25, 0.3) is 0 Å². The van der Waals surface area contributed by atoms with E-state index in [0.717, 1.165) is 17.8 Å². The van der Waals surface area contributed by atoms with E-state index < -0.39 is 0 Å². The Labute approximate surface area is 110 Å². The van der Waals surface area contributed by atoms with E-state index in [-0.39, 0.29) is 5.78 Å². The summed E-state index contributed by atoms with van der Waals surface area (Å²) in [5.41, 5.74) is 1.96. The number of benzene rings is 1. The van der Waals surface area contributed by atoms with Gasteiger partial charge in [-0.05, 0) is 44.2 Å². The standard InChI is InChI=1S/C16H23NO/c1-11-9-12(2)13(3)17(10-11)16-8-6-5-7-15(16)14(4)18/h5-8,11-13H,9-10H2,1-4H3. The van der Waals surface area contributed by atoms with Crippen LogP contribution in [-0.2, 0) is 0 Å². The van der Waals surface area contributed by atoms with Gasteiger partial charge in [0.2, 0.25) is 0 Å². The van der Waals surface area contributed by atoms with Crippen LogP contribution in [-0.4, -0.2) is 18.4 Å². The SMILES string of the molecule is CC(=O)c1ccccc1N1CC(C)CC(C)C1C. The minimum atomic E-state index is 0.156. The highest BCUT2D eigenvalue weighted by atomic mass is 16.1. The van der Waals surface area contributed by atoms with Gasteiger partial charge in [0.05, 0.1) is 0 Å². The molecule has 18 heavy (non-hydrogen) atoms. The van der Waals surface area contributed by atoms with Crippen LogP contribution in [0.5, 0.6) is 0 Å². The zero-order valence-electron chi connectivity index (χ0n) is 11.8. The summed E-state index contributed by atoms with van der Waals surface area (Å²) < 4.78 is 0. The van der Waals surface area contributed by atoms with Gasteiger partial charge in [-0.15, -0.1) is 0 Å².